The van der Waals surface area contributed by atoms with Crippen molar-refractivity contribution >= 4 is 34.2 Å². The second kappa shape index (κ2) is 9.91. The fraction of sp³-hybridized carbons (Fsp3) is 0.214. The monoisotopic (exact) mass is 495 g/mol. The number of nitrogens with zero attached hydrogens (tertiary/aromatic N) is 5. The third-order valence-electron chi connectivity index (χ3n) is 6.45. The Morgan fingerprint density at radius 2 is 1.64 bits per heavy atom. The van der Waals surface area contributed by atoms with Gasteiger partial charge in [0.25, 0.3) is 5.71 Å². The first-order valence-electron chi connectivity index (χ1n) is 12.1. The number of carbonyl (C=O) groups is 1. The number of hydrogen-bond acceptors (Lipinski definition) is 7. The Bertz CT molecular complexity index is 1460. The highest BCUT2D eigenvalue weighted by Gasteiger charge is 2.27. The van der Waals surface area contributed by atoms with Crippen molar-refractivity contribution in [3.05, 3.63) is 94.4 Å². The molecule has 7 nitrogen and oxygen atoms in total. The summed E-state index contributed by atoms with van der Waals surface area (Å²) in [6, 6.07) is 24.2. The fourth-order valence-electron chi connectivity index (χ4n) is 4.60. The van der Waals surface area contributed by atoms with Crippen LogP contribution in [0, 0.1) is 0 Å². The Balaban J connectivity index is 1.31. The quantitative estimate of drug-likeness (QED) is 0.336. The summed E-state index contributed by atoms with van der Waals surface area (Å²) in [5, 5.41) is 7.21. The van der Waals surface area contributed by atoms with Crippen molar-refractivity contribution in [2.24, 2.45) is 0 Å². The van der Waals surface area contributed by atoms with Gasteiger partial charge in [-0.15, -0.1) is 11.3 Å². The normalized spacial score (nSPS) is 13.9. The first-order valence-corrected chi connectivity index (χ1v) is 12.9. The molecule has 5 aromatic rings. The molecule has 0 bridgehead atoms. The van der Waals surface area contributed by atoms with Crippen molar-refractivity contribution in [1.29, 1.82) is 0 Å². The van der Waals surface area contributed by atoms with E-state index in [1.165, 1.54) is 0 Å². The zero-order valence-corrected chi connectivity index (χ0v) is 20.5. The molecule has 0 unspecified atom stereocenters. The van der Waals surface area contributed by atoms with Gasteiger partial charge in [0.05, 0.1) is 6.42 Å². The van der Waals surface area contributed by atoms with Gasteiger partial charge < -0.3 is 14.3 Å². The molecule has 1 aliphatic heterocycles. The van der Waals surface area contributed by atoms with Crippen LogP contribution in [0.5, 0.6) is 0 Å². The molecule has 0 atom stereocenters. The third kappa shape index (κ3) is 4.59. The van der Waals surface area contributed by atoms with Crippen molar-refractivity contribution in [3.63, 3.8) is 0 Å². The molecule has 6 rings (SSSR count). The van der Waals surface area contributed by atoms with Gasteiger partial charge in [0.2, 0.25) is 5.91 Å². The molecule has 1 amide bonds. The van der Waals surface area contributed by atoms with Crippen LogP contribution < -0.4 is 4.90 Å². The summed E-state index contributed by atoms with van der Waals surface area (Å²) in [6.07, 6.45) is 1.06. The maximum Gasteiger partial charge on any atom is 0.263 e. The molecule has 0 aliphatic carbocycles. The second-order valence-corrected chi connectivity index (χ2v) is 9.86. The molecular formula is C28H25N5O2S. The summed E-state index contributed by atoms with van der Waals surface area (Å²) in [6.45, 7) is 2.67. The molecule has 0 saturated carbocycles. The summed E-state index contributed by atoms with van der Waals surface area (Å²) in [5.41, 5.74) is 3.32. The fourth-order valence-corrected chi connectivity index (χ4v) is 5.30. The number of amides is 1. The van der Waals surface area contributed by atoms with E-state index in [0.717, 1.165) is 32.9 Å². The predicted molar refractivity (Wildman–Crippen MR) is 141 cm³/mol. The van der Waals surface area contributed by atoms with Crippen LogP contribution in [0.2, 0.25) is 0 Å². The molecule has 0 spiro atoms. The van der Waals surface area contributed by atoms with Crippen LogP contribution in [0.3, 0.4) is 0 Å². The van der Waals surface area contributed by atoms with E-state index in [1.807, 2.05) is 70.9 Å². The van der Waals surface area contributed by atoms with Gasteiger partial charge in [0.1, 0.15) is 22.7 Å². The topological polar surface area (TPSA) is 75.4 Å². The second-order valence-electron chi connectivity index (χ2n) is 8.83. The van der Waals surface area contributed by atoms with Crippen LogP contribution in [0.1, 0.15) is 16.3 Å². The molecule has 4 heterocycles. The minimum Gasteiger partial charge on any atom is -0.352 e. The lowest BCUT2D eigenvalue weighted by Gasteiger charge is -2.35. The van der Waals surface area contributed by atoms with Crippen molar-refractivity contribution in [2.45, 2.75) is 12.8 Å². The molecule has 1 fully saturated rings. The average Bonchev–Trinajstić information content (AvgIpc) is 3.59. The number of rotatable bonds is 6. The minimum atomic E-state index is 0.171. The zero-order chi connectivity index (χ0) is 24.3. The number of carbonyl (C=O) groups excluding carboxylic acids is 1. The molecule has 8 heteroatoms. The van der Waals surface area contributed by atoms with Crippen LogP contribution >= 0.6 is 11.3 Å². The maximum absolute atomic E-state index is 12.8. The average molecular weight is 496 g/mol. The SMILES string of the molecule is O=C(Cc1cccs1)N1CCN(c2nc(Cc3ccccc3)nc3onc(-c4ccccc4)c23)CC1. The Kier molecular flexibility index (Phi) is 6.17. The molecular weight excluding hydrogens is 470 g/mol. The number of hydrogen-bond donors (Lipinski definition) is 0. The molecule has 0 N–H and O–H groups in total. The molecule has 0 radical (unpaired) electrons. The van der Waals surface area contributed by atoms with Crippen molar-refractivity contribution < 1.29 is 9.32 Å². The van der Waals surface area contributed by atoms with Crippen LogP contribution in [0.15, 0.2) is 82.7 Å². The van der Waals surface area contributed by atoms with Crippen molar-refractivity contribution in [1.82, 2.24) is 20.0 Å². The largest absolute Gasteiger partial charge is 0.352 e. The molecule has 36 heavy (non-hydrogen) atoms. The van der Waals surface area contributed by atoms with Crippen LogP contribution in [-0.2, 0) is 17.6 Å². The number of fused-ring (bicyclic) bond motifs is 1. The molecule has 180 valence electrons. The lowest BCUT2D eigenvalue weighted by Crippen LogP contribution is -2.49. The first kappa shape index (κ1) is 22.4. The van der Waals surface area contributed by atoms with Crippen LogP contribution in [0.25, 0.3) is 22.4 Å². The molecule has 1 aliphatic rings. The van der Waals surface area contributed by atoms with Gasteiger partial charge in [-0.3, -0.25) is 4.79 Å². The molecule has 1 saturated heterocycles. The number of aromatic nitrogens is 3. The third-order valence-corrected chi connectivity index (χ3v) is 7.33. The summed E-state index contributed by atoms with van der Waals surface area (Å²) < 4.78 is 5.74. The highest BCUT2D eigenvalue weighted by Crippen LogP contribution is 2.34. The van der Waals surface area contributed by atoms with Gasteiger partial charge in [-0.1, -0.05) is 71.9 Å². The number of anilines is 1. The van der Waals surface area contributed by atoms with Crippen molar-refractivity contribution in [2.75, 3.05) is 31.1 Å². The standard InChI is InChI=1S/C28H25N5O2S/c34-24(19-22-12-7-17-36-22)32-13-15-33(16-14-32)27-25-26(21-10-5-2-6-11-21)31-35-28(25)30-23(29-27)18-20-8-3-1-4-9-20/h1-12,17H,13-16,18-19H2. The van der Waals surface area contributed by atoms with E-state index in [0.29, 0.717) is 50.6 Å². The minimum absolute atomic E-state index is 0.171. The Labute approximate surface area is 213 Å². The van der Waals surface area contributed by atoms with E-state index in [2.05, 4.69) is 22.2 Å². The first-order chi connectivity index (χ1) is 17.7. The summed E-state index contributed by atoms with van der Waals surface area (Å²) in [4.78, 5) is 27.9. The predicted octanol–water partition coefficient (Wildman–Crippen LogP) is 4.83. The lowest BCUT2D eigenvalue weighted by atomic mass is 10.1. The van der Waals surface area contributed by atoms with E-state index >= 15 is 0 Å². The van der Waals surface area contributed by atoms with Gasteiger partial charge in [0.15, 0.2) is 0 Å². The Hall–Kier alpha value is -4.04. The molecule has 3 aromatic heterocycles. The van der Waals surface area contributed by atoms with E-state index in [9.17, 15) is 4.79 Å². The van der Waals surface area contributed by atoms with Crippen LogP contribution in [0.4, 0.5) is 5.82 Å². The zero-order valence-electron chi connectivity index (χ0n) is 19.7. The van der Waals surface area contributed by atoms with E-state index in [4.69, 9.17) is 14.5 Å². The smallest absolute Gasteiger partial charge is 0.263 e. The summed E-state index contributed by atoms with van der Waals surface area (Å²) >= 11 is 1.62. The van der Waals surface area contributed by atoms with Gasteiger partial charge in [-0.05, 0) is 17.0 Å². The van der Waals surface area contributed by atoms with E-state index in [-0.39, 0.29) is 5.91 Å². The number of piperazine rings is 1. The highest BCUT2D eigenvalue weighted by molar-refractivity contribution is 7.10. The van der Waals surface area contributed by atoms with Crippen LogP contribution in [-0.4, -0.2) is 52.1 Å². The van der Waals surface area contributed by atoms with Gasteiger partial charge in [-0.2, -0.15) is 4.98 Å². The molecule has 2 aromatic carbocycles. The Morgan fingerprint density at radius 3 is 2.36 bits per heavy atom. The Morgan fingerprint density at radius 1 is 0.889 bits per heavy atom. The summed E-state index contributed by atoms with van der Waals surface area (Å²) in [7, 11) is 0. The maximum atomic E-state index is 12.8. The highest BCUT2D eigenvalue weighted by atomic mass is 32.1. The summed E-state index contributed by atoms with van der Waals surface area (Å²) in [5.74, 6) is 1.68. The van der Waals surface area contributed by atoms with Gasteiger partial charge in [-0.25, -0.2) is 4.98 Å². The van der Waals surface area contributed by atoms with Gasteiger partial charge >= 0.3 is 0 Å². The van der Waals surface area contributed by atoms with Gasteiger partial charge in [0, 0.05) is 43.0 Å². The van der Waals surface area contributed by atoms with E-state index in [1.54, 1.807) is 11.3 Å². The lowest BCUT2D eigenvalue weighted by molar-refractivity contribution is -0.130. The number of benzene rings is 2. The number of thiophene rings is 1. The van der Waals surface area contributed by atoms with Crippen molar-refractivity contribution in [3.8, 4) is 11.3 Å². The van der Waals surface area contributed by atoms with E-state index < -0.39 is 0 Å².